The summed E-state index contributed by atoms with van der Waals surface area (Å²) in [5.41, 5.74) is 0.835. The number of nitrogens with one attached hydrogen (secondary N) is 1. The number of anilines is 1. The van der Waals surface area contributed by atoms with Crippen LogP contribution in [0.5, 0.6) is 5.75 Å². The maximum absolute atomic E-state index is 13.4. The van der Waals surface area contributed by atoms with Crippen LogP contribution in [0.3, 0.4) is 0 Å². The molecule has 2 aliphatic rings. The molecule has 2 fully saturated rings. The van der Waals surface area contributed by atoms with Gasteiger partial charge in [0.25, 0.3) is 0 Å². The Morgan fingerprint density at radius 3 is 2.64 bits per heavy atom. The lowest BCUT2D eigenvalue weighted by atomic mass is 10.3. The molecule has 0 radical (unpaired) electrons. The summed E-state index contributed by atoms with van der Waals surface area (Å²) in [4.78, 5) is 9.30. The highest BCUT2D eigenvalue weighted by Crippen LogP contribution is 2.34. The molecule has 1 atom stereocenters. The van der Waals surface area contributed by atoms with E-state index in [4.69, 9.17) is 4.74 Å². The molecular formula is C19H20F2N6O. The van der Waals surface area contributed by atoms with Crippen molar-refractivity contribution in [2.75, 3.05) is 18.0 Å². The predicted molar refractivity (Wildman–Crippen MR) is 97.9 cm³/mol. The molecule has 1 saturated carbocycles. The Labute approximate surface area is 160 Å². The normalized spacial score (nSPS) is 19.4. The van der Waals surface area contributed by atoms with E-state index >= 15 is 0 Å². The van der Waals surface area contributed by atoms with Gasteiger partial charge in [-0.15, -0.1) is 10.2 Å². The van der Waals surface area contributed by atoms with Gasteiger partial charge in [-0.3, -0.25) is 4.57 Å². The van der Waals surface area contributed by atoms with Crippen molar-refractivity contribution < 1.29 is 13.5 Å². The number of rotatable bonds is 6. The third-order valence-electron chi connectivity index (χ3n) is 5.17. The molecule has 28 heavy (non-hydrogen) atoms. The molecule has 0 amide bonds. The first-order valence-electron chi connectivity index (χ1n) is 9.45. The van der Waals surface area contributed by atoms with Crippen molar-refractivity contribution in [1.29, 1.82) is 0 Å². The molecule has 1 aliphatic heterocycles. The maximum Gasteiger partial charge on any atom is 0.227 e. The number of imidazole rings is 1. The Bertz CT molecular complexity index is 949. The van der Waals surface area contributed by atoms with Gasteiger partial charge in [0.15, 0.2) is 5.82 Å². The number of H-pyrrole nitrogens is 1. The minimum atomic E-state index is -0.641. The van der Waals surface area contributed by atoms with Gasteiger partial charge in [-0.2, -0.15) is 0 Å². The first-order chi connectivity index (χ1) is 13.7. The minimum absolute atomic E-state index is 0.164. The summed E-state index contributed by atoms with van der Waals surface area (Å²) in [6, 6.07) is 3.25. The molecule has 0 spiro atoms. The molecule has 2 aromatic heterocycles. The van der Waals surface area contributed by atoms with Gasteiger partial charge in [0.2, 0.25) is 5.95 Å². The highest BCUT2D eigenvalue weighted by Gasteiger charge is 2.31. The average molecular weight is 386 g/mol. The maximum atomic E-state index is 13.4. The third kappa shape index (κ3) is 3.44. The first kappa shape index (κ1) is 17.2. The van der Waals surface area contributed by atoms with E-state index in [-0.39, 0.29) is 11.9 Å². The van der Waals surface area contributed by atoms with Gasteiger partial charge in [-0.25, -0.2) is 13.8 Å². The summed E-state index contributed by atoms with van der Waals surface area (Å²) in [6.45, 7) is 2.20. The molecule has 3 aromatic rings. The fourth-order valence-corrected chi connectivity index (χ4v) is 3.63. The molecule has 5 rings (SSSR count). The fraction of sp³-hybridized carbons (Fsp3) is 0.421. The van der Waals surface area contributed by atoms with E-state index in [1.54, 1.807) is 12.5 Å². The van der Waals surface area contributed by atoms with E-state index < -0.39 is 11.6 Å². The average Bonchev–Trinajstić information content (AvgIpc) is 3.02. The lowest BCUT2D eigenvalue weighted by Gasteiger charge is -2.19. The van der Waals surface area contributed by atoms with Gasteiger partial charge in [0.05, 0.1) is 19.1 Å². The molecule has 9 heteroatoms. The Morgan fingerprint density at radius 1 is 1.11 bits per heavy atom. The number of ether oxygens (including phenoxy) is 1. The van der Waals surface area contributed by atoms with E-state index in [9.17, 15) is 8.78 Å². The van der Waals surface area contributed by atoms with E-state index in [1.165, 1.54) is 25.0 Å². The third-order valence-corrected chi connectivity index (χ3v) is 5.17. The van der Waals surface area contributed by atoms with Crippen LogP contribution >= 0.6 is 0 Å². The summed E-state index contributed by atoms with van der Waals surface area (Å²) in [5, 5.41) is 8.80. The van der Waals surface area contributed by atoms with Crippen molar-refractivity contribution in [1.82, 2.24) is 24.7 Å². The lowest BCUT2D eigenvalue weighted by molar-refractivity contribution is 0.223. The molecular weight excluding hydrogens is 366 g/mol. The van der Waals surface area contributed by atoms with Crippen LogP contribution in [0.1, 0.15) is 19.3 Å². The van der Waals surface area contributed by atoms with Gasteiger partial charge in [-0.1, -0.05) is 0 Å². The van der Waals surface area contributed by atoms with E-state index in [0.29, 0.717) is 12.5 Å². The minimum Gasteiger partial charge on any atom is -0.488 e. The Morgan fingerprint density at radius 2 is 1.93 bits per heavy atom. The Hall–Kier alpha value is -2.97. The summed E-state index contributed by atoms with van der Waals surface area (Å²) in [6.07, 6.45) is 6.39. The number of aromatic nitrogens is 5. The molecule has 1 saturated heterocycles. The van der Waals surface area contributed by atoms with Gasteiger partial charge in [0, 0.05) is 37.7 Å². The zero-order valence-corrected chi connectivity index (χ0v) is 15.2. The molecule has 7 nitrogen and oxygen atoms in total. The molecule has 1 N–H and O–H groups in total. The number of aromatic amines is 1. The zero-order valence-electron chi connectivity index (χ0n) is 15.2. The standard InChI is InChI=1S/C19H20F2N6O/c20-13-5-14(21)7-16(6-13)28-15-3-4-26(10-15)19-25-24-18(17-8-22-11-23-17)27(19)9-12-1-2-12/h5-8,11-12,15H,1-4,9-10H2,(H,22,23). The van der Waals surface area contributed by atoms with Crippen LogP contribution in [0.4, 0.5) is 14.7 Å². The monoisotopic (exact) mass is 386 g/mol. The van der Waals surface area contributed by atoms with Crippen molar-refractivity contribution in [3.8, 4) is 17.3 Å². The topological polar surface area (TPSA) is 71.9 Å². The Balaban J connectivity index is 1.35. The lowest BCUT2D eigenvalue weighted by Crippen LogP contribution is -2.27. The fourth-order valence-electron chi connectivity index (χ4n) is 3.63. The first-order valence-corrected chi connectivity index (χ1v) is 9.45. The van der Waals surface area contributed by atoms with E-state index in [2.05, 4.69) is 29.6 Å². The largest absolute Gasteiger partial charge is 0.488 e. The number of hydrogen-bond acceptors (Lipinski definition) is 5. The zero-order chi connectivity index (χ0) is 19.1. The number of hydrogen-bond donors (Lipinski definition) is 1. The molecule has 1 aromatic carbocycles. The van der Waals surface area contributed by atoms with Crippen molar-refractivity contribution in [3.63, 3.8) is 0 Å². The SMILES string of the molecule is Fc1cc(F)cc(OC2CCN(c3nnc(-c4cnc[nH]4)n3CC3CC3)C2)c1. The van der Waals surface area contributed by atoms with Crippen LogP contribution < -0.4 is 9.64 Å². The quantitative estimate of drug-likeness (QED) is 0.705. The summed E-state index contributed by atoms with van der Waals surface area (Å²) >= 11 is 0. The van der Waals surface area contributed by atoms with Crippen LogP contribution in [0.2, 0.25) is 0 Å². The summed E-state index contributed by atoms with van der Waals surface area (Å²) in [7, 11) is 0. The van der Waals surface area contributed by atoms with Gasteiger partial charge >= 0.3 is 0 Å². The van der Waals surface area contributed by atoms with Crippen LogP contribution in [0.15, 0.2) is 30.7 Å². The van der Waals surface area contributed by atoms with E-state index in [1.807, 2.05) is 0 Å². The van der Waals surface area contributed by atoms with Crippen molar-refractivity contribution in [3.05, 3.63) is 42.4 Å². The number of nitrogens with zero attached hydrogens (tertiary/aromatic N) is 5. The summed E-state index contributed by atoms with van der Waals surface area (Å²) in [5.74, 6) is 1.16. The van der Waals surface area contributed by atoms with E-state index in [0.717, 1.165) is 43.0 Å². The van der Waals surface area contributed by atoms with Crippen LogP contribution in [0, 0.1) is 17.6 Å². The smallest absolute Gasteiger partial charge is 0.227 e. The molecule has 146 valence electrons. The van der Waals surface area contributed by atoms with Crippen LogP contribution in [0.25, 0.3) is 11.5 Å². The number of halogens is 2. The van der Waals surface area contributed by atoms with Gasteiger partial charge in [-0.05, 0) is 18.8 Å². The highest BCUT2D eigenvalue weighted by atomic mass is 19.1. The highest BCUT2D eigenvalue weighted by molar-refractivity contribution is 5.52. The molecule has 0 bridgehead atoms. The molecule has 1 aliphatic carbocycles. The van der Waals surface area contributed by atoms with Gasteiger partial charge in [0.1, 0.15) is 29.2 Å². The number of benzene rings is 1. The van der Waals surface area contributed by atoms with Crippen LogP contribution in [-0.2, 0) is 6.54 Å². The summed E-state index contributed by atoms with van der Waals surface area (Å²) < 4.78 is 34.7. The van der Waals surface area contributed by atoms with Crippen molar-refractivity contribution in [2.45, 2.75) is 31.9 Å². The second kappa shape index (κ2) is 6.88. The molecule has 1 unspecified atom stereocenters. The van der Waals surface area contributed by atoms with Crippen LogP contribution in [-0.4, -0.2) is 43.9 Å². The Kier molecular flexibility index (Phi) is 4.22. The van der Waals surface area contributed by atoms with Gasteiger partial charge < -0.3 is 14.6 Å². The second-order valence-corrected chi connectivity index (χ2v) is 7.42. The van der Waals surface area contributed by atoms with Crippen molar-refractivity contribution in [2.24, 2.45) is 5.92 Å². The predicted octanol–water partition coefficient (Wildman–Crippen LogP) is 3.01. The second-order valence-electron chi connectivity index (χ2n) is 7.42. The van der Waals surface area contributed by atoms with Crippen molar-refractivity contribution >= 4 is 5.95 Å². The molecule has 3 heterocycles.